The van der Waals surface area contributed by atoms with E-state index in [1.165, 1.54) is 6.20 Å². The van der Waals surface area contributed by atoms with Crippen molar-refractivity contribution in [1.82, 2.24) is 29.7 Å². The maximum Gasteiger partial charge on any atom is 0.254 e. The van der Waals surface area contributed by atoms with E-state index >= 15 is 9.13 Å². The highest BCUT2D eigenvalue weighted by Gasteiger charge is 2.33. The predicted molar refractivity (Wildman–Crippen MR) is 239 cm³/mol. The molecule has 2 unspecified atom stereocenters. The van der Waals surface area contributed by atoms with Crippen LogP contribution in [0.25, 0.3) is 50.3 Å². The first-order valence-corrected chi connectivity index (χ1v) is 22.5. The molecule has 10 heteroatoms. The van der Waals surface area contributed by atoms with Gasteiger partial charge in [0, 0.05) is 66.1 Å². The molecule has 4 heterocycles. The lowest BCUT2D eigenvalue weighted by Gasteiger charge is -2.21. The topological polar surface area (TPSA) is 104 Å². The van der Waals surface area contributed by atoms with E-state index in [4.69, 9.17) is 0 Å². The zero-order valence-corrected chi connectivity index (χ0v) is 33.3. The first kappa shape index (κ1) is 36.2. The van der Waals surface area contributed by atoms with Crippen molar-refractivity contribution >= 4 is 67.9 Å². The molecule has 0 aliphatic carbocycles. The predicted octanol–water partition coefficient (Wildman–Crippen LogP) is 8.37. The summed E-state index contributed by atoms with van der Waals surface area (Å²) in [5, 5.41) is 14.6. The van der Waals surface area contributed by atoms with Gasteiger partial charge in [0.25, 0.3) is 5.95 Å². The molecule has 8 nitrogen and oxygen atoms in total. The molecule has 0 N–H and O–H groups in total. The van der Waals surface area contributed by atoms with E-state index in [1.807, 2.05) is 187 Å². The molecule has 0 amide bonds. The smallest absolute Gasteiger partial charge is 0.254 e. The minimum Gasteiger partial charge on any atom is -0.309 e. The van der Waals surface area contributed by atoms with Gasteiger partial charge in [0.1, 0.15) is 0 Å². The van der Waals surface area contributed by atoms with Crippen LogP contribution in [0.3, 0.4) is 0 Å². The zero-order chi connectivity index (χ0) is 39.8. The second kappa shape index (κ2) is 15.0. The molecule has 10 rings (SSSR count). The number of nitrogens with zero attached hydrogens (tertiary/aromatic N) is 6. The van der Waals surface area contributed by atoms with Gasteiger partial charge in [-0.2, -0.15) is 5.10 Å². The van der Waals surface area contributed by atoms with E-state index in [0.717, 1.165) is 44.3 Å². The summed E-state index contributed by atoms with van der Waals surface area (Å²) in [6, 6.07) is 58.4. The highest BCUT2D eigenvalue weighted by molar-refractivity contribution is 7.85. The first-order valence-electron chi connectivity index (χ1n) is 19.1. The van der Waals surface area contributed by atoms with Crippen molar-refractivity contribution in [2.45, 2.75) is 0 Å². The van der Waals surface area contributed by atoms with E-state index in [1.54, 1.807) is 18.6 Å². The van der Waals surface area contributed by atoms with Crippen molar-refractivity contribution in [3.8, 4) is 28.5 Å². The van der Waals surface area contributed by atoms with Crippen LogP contribution < -0.4 is 31.8 Å². The third-order valence-electron chi connectivity index (χ3n) is 10.7. The fourth-order valence-corrected chi connectivity index (χ4v) is 13.3. The minimum absolute atomic E-state index is 0.334. The fourth-order valence-electron chi connectivity index (χ4n) is 7.91. The van der Waals surface area contributed by atoms with Gasteiger partial charge in [-0.3, -0.25) is 14.5 Å². The molecule has 0 fully saturated rings. The summed E-state index contributed by atoms with van der Waals surface area (Å²) < 4.78 is 34.0. The molecule has 0 spiro atoms. The van der Waals surface area contributed by atoms with E-state index in [-0.39, 0.29) is 0 Å². The highest BCUT2D eigenvalue weighted by Crippen LogP contribution is 2.46. The summed E-state index contributed by atoms with van der Waals surface area (Å²) >= 11 is 0. The zero-order valence-electron chi connectivity index (χ0n) is 31.5. The Balaban J connectivity index is 1.21. The summed E-state index contributed by atoms with van der Waals surface area (Å²) in [4.78, 5) is 13.8. The monoisotopic (exact) mass is 800 g/mol. The molecule has 6 aromatic carbocycles. The molecule has 282 valence electrons. The van der Waals surface area contributed by atoms with Crippen LogP contribution in [0.4, 0.5) is 0 Å². The lowest BCUT2D eigenvalue weighted by atomic mass is 10.1. The second-order valence-electron chi connectivity index (χ2n) is 14.1. The van der Waals surface area contributed by atoms with Gasteiger partial charge < -0.3 is 9.13 Å². The maximum atomic E-state index is 16.0. The lowest BCUT2D eigenvalue weighted by molar-refractivity contribution is 0.591. The van der Waals surface area contributed by atoms with Crippen LogP contribution in [0.1, 0.15) is 0 Å². The van der Waals surface area contributed by atoms with Crippen molar-refractivity contribution in [3.63, 3.8) is 0 Å². The molecule has 0 aliphatic rings. The van der Waals surface area contributed by atoms with Crippen LogP contribution in [0.5, 0.6) is 0 Å². The maximum absolute atomic E-state index is 16.0. The number of fused-ring (bicyclic) bond motifs is 3. The largest absolute Gasteiger partial charge is 0.309 e. The molecule has 0 radical (unpaired) electrons. The molecule has 59 heavy (non-hydrogen) atoms. The summed E-state index contributed by atoms with van der Waals surface area (Å²) in [6.07, 6.45) is 6.65. The molecule has 10 aromatic rings. The third kappa shape index (κ3) is 6.31. The molecule has 0 bridgehead atoms. The third-order valence-corrected chi connectivity index (χ3v) is 16.8. The number of hydrogen-bond acceptors (Lipinski definition) is 7. The van der Waals surface area contributed by atoms with E-state index in [9.17, 15) is 0 Å². The Kier molecular flexibility index (Phi) is 9.22. The fraction of sp³-hybridized carbons (Fsp3) is 0. The van der Waals surface area contributed by atoms with E-state index in [2.05, 4.69) is 25.1 Å². The summed E-state index contributed by atoms with van der Waals surface area (Å²) in [7, 11) is -6.95. The van der Waals surface area contributed by atoms with E-state index in [0.29, 0.717) is 37.8 Å². The van der Waals surface area contributed by atoms with Crippen molar-refractivity contribution in [1.29, 1.82) is 0 Å². The average Bonchev–Trinajstić information content (AvgIpc) is 3.65. The first-order chi connectivity index (χ1) is 29.0. The van der Waals surface area contributed by atoms with Crippen LogP contribution in [0, 0.1) is 0 Å². The SMILES string of the molecule is O=P(c1ccccc1)(c1cccc(-c2ccccn2)c1)c1ccc2c3ccc(P(=O)(c4ccccc4)c4cccc(-c5ccccn5)c4)cc3n(-c3nccnn3)c2c1. The van der Waals surface area contributed by atoms with E-state index < -0.39 is 14.3 Å². The summed E-state index contributed by atoms with van der Waals surface area (Å²) in [6.45, 7) is 0. The molecular formula is C49H34N6O2P2. The Morgan fingerprint density at radius 1 is 0.373 bits per heavy atom. The number of rotatable bonds is 9. The molecular weight excluding hydrogens is 767 g/mol. The number of pyridine rings is 2. The van der Waals surface area contributed by atoms with Gasteiger partial charge in [-0.25, -0.2) is 4.98 Å². The molecule has 2 atom stereocenters. The van der Waals surface area contributed by atoms with Crippen molar-refractivity contribution < 1.29 is 9.13 Å². The molecule has 0 saturated carbocycles. The van der Waals surface area contributed by atoms with Crippen LogP contribution in [0.2, 0.25) is 0 Å². The standard InChI is InChI=1S/C49H34N6O2P2/c56-58(37-15-3-1-4-16-37,39-19-11-13-35(31-39)45-21-7-9-27-50-45)41-23-25-43-44-26-24-42(34-48(44)55(47(43)33-41)49-52-29-30-53-54-49)59(57,38-17-5-2-6-18-38)40-20-12-14-36(32-40)46-22-8-10-28-51-46/h1-34H. The number of benzene rings is 6. The summed E-state index contributed by atoms with van der Waals surface area (Å²) in [5.41, 5.74) is 4.83. The second-order valence-corrected chi connectivity index (χ2v) is 19.6. The van der Waals surface area contributed by atoms with Gasteiger partial charge in [-0.05, 0) is 48.5 Å². The Morgan fingerprint density at radius 3 is 1.27 bits per heavy atom. The van der Waals surface area contributed by atoms with Crippen molar-refractivity contribution in [2.24, 2.45) is 0 Å². The van der Waals surface area contributed by atoms with Gasteiger partial charge in [-0.15, -0.1) is 5.10 Å². The van der Waals surface area contributed by atoms with Gasteiger partial charge in [0.15, 0.2) is 14.3 Å². The van der Waals surface area contributed by atoms with Crippen LogP contribution in [-0.4, -0.2) is 29.7 Å². The van der Waals surface area contributed by atoms with Crippen LogP contribution in [-0.2, 0) is 9.13 Å². The molecule has 0 saturated heterocycles. The Morgan fingerprint density at radius 2 is 0.831 bits per heavy atom. The van der Waals surface area contributed by atoms with Gasteiger partial charge in [-0.1, -0.05) is 133 Å². The lowest BCUT2D eigenvalue weighted by Crippen LogP contribution is -2.25. The quantitative estimate of drug-likeness (QED) is 0.135. The average molecular weight is 801 g/mol. The Labute approximate surface area is 340 Å². The Hall–Kier alpha value is -7.11. The highest BCUT2D eigenvalue weighted by atomic mass is 31.2. The van der Waals surface area contributed by atoms with Crippen LogP contribution >= 0.6 is 14.3 Å². The van der Waals surface area contributed by atoms with Crippen molar-refractivity contribution in [3.05, 3.63) is 207 Å². The van der Waals surface area contributed by atoms with Crippen LogP contribution in [0.15, 0.2) is 207 Å². The number of hydrogen-bond donors (Lipinski definition) is 0. The molecule has 0 aliphatic heterocycles. The van der Waals surface area contributed by atoms with Gasteiger partial charge in [0.05, 0.1) is 34.8 Å². The van der Waals surface area contributed by atoms with Gasteiger partial charge in [0.2, 0.25) is 0 Å². The molecule has 4 aromatic heterocycles. The van der Waals surface area contributed by atoms with Gasteiger partial charge >= 0.3 is 0 Å². The summed E-state index contributed by atoms with van der Waals surface area (Å²) in [5.74, 6) is 0.334. The number of aromatic nitrogens is 6. The van der Waals surface area contributed by atoms with Crippen molar-refractivity contribution in [2.75, 3.05) is 0 Å². The minimum atomic E-state index is -3.48. The Bertz CT molecular complexity index is 3020. The normalized spacial score (nSPS) is 13.5.